The Labute approximate surface area is 219 Å². The summed E-state index contributed by atoms with van der Waals surface area (Å²) in [6.45, 7) is 1.56. The second-order valence-electron chi connectivity index (χ2n) is 9.17. The number of aromatic amines is 1. The van der Waals surface area contributed by atoms with E-state index in [0.29, 0.717) is 18.9 Å². The van der Waals surface area contributed by atoms with Crippen LogP contribution in [0.4, 0.5) is 30.7 Å². The van der Waals surface area contributed by atoms with E-state index in [1.165, 1.54) is 10.7 Å². The van der Waals surface area contributed by atoms with Gasteiger partial charge in [0.15, 0.2) is 11.3 Å². The van der Waals surface area contributed by atoms with E-state index in [9.17, 15) is 40.8 Å². The number of aromatic nitrogens is 7. The number of alkyl halides is 7. The lowest BCUT2D eigenvalue weighted by Crippen LogP contribution is -2.28. The first kappa shape index (κ1) is 27.2. The number of nitrogens with one attached hydrogen (secondary N) is 1. The van der Waals surface area contributed by atoms with Gasteiger partial charge < -0.3 is 4.98 Å². The maximum Gasteiger partial charge on any atom is 0.433 e. The molecule has 0 saturated heterocycles. The Kier molecular flexibility index (Phi) is 6.76. The van der Waals surface area contributed by atoms with E-state index < -0.39 is 59.5 Å². The number of pyridine rings is 1. The quantitative estimate of drug-likeness (QED) is 0.312. The Morgan fingerprint density at radius 2 is 1.70 bits per heavy atom. The van der Waals surface area contributed by atoms with Crippen LogP contribution in [0.3, 0.4) is 0 Å². The zero-order chi connectivity index (χ0) is 28.9. The molecule has 1 aliphatic carbocycles. The van der Waals surface area contributed by atoms with E-state index in [-0.39, 0.29) is 33.9 Å². The summed E-state index contributed by atoms with van der Waals surface area (Å²) in [5, 5.41) is 13.5. The fraction of sp³-hybridized carbons (Fsp3) is 0.375. The molecule has 0 aromatic carbocycles. The molecule has 4 aromatic heterocycles. The van der Waals surface area contributed by atoms with Crippen LogP contribution in [0.5, 0.6) is 0 Å². The van der Waals surface area contributed by atoms with Crippen molar-refractivity contribution in [2.24, 2.45) is 0 Å². The second-order valence-corrected chi connectivity index (χ2v) is 9.17. The molecular weight excluding hydrogens is 549 g/mol. The molecule has 16 heteroatoms. The van der Waals surface area contributed by atoms with Gasteiger partial charge in [-0.1, -0.05) is 6.07 Å². The van der Waals surface area contributed by atoms with Gasteiger partial charge in [0.25, 0.3) is 18.4 Å². The van der Waals surface area contributed by atoms with Crippen molar-refractivity contribution in [2.75, 3.05) is 0 Å². The van der Waals surface area contributed by atoms with Crippen LogP contribution < -0.4 is 5.56 Å². The van der Waals surface area contributed by atoms with Crippen LogP contribution >= 0.6 is 0 Å². The van der Waals surface area contributed by atoms with Gasteiger partial charge in [-0.25, -0.2) is 37.2 Å². The minimum absolute atomic E-state index is 0.0520. The minimum Gasteiger partial charge on any atom is -0.310 e. The molecule has 0 bridgehead atoms. The number of hydrogen-bond acceptors (Lipinski definition) is 7. The molecule has 0 aliphatic heterocycles. The fourth-order valence-corrected chi connectivity index (χ4v) is 4.58. The Hall–Kier alpha value is -4.42. The predicted molar refractivity (Wildman–Crippen MR) is 123 cm³/mol. The number of nitriles is 1. The summed E-state index contributed by atoms with van der Waals surface area (Å²) in [5.74, 6) is -1.50. The summed E-state index contributed by atoms with van der Waals surface area (Å²) >= 11 is 0. The highest BCUT2D eigenvalue weighted by molar-refractivity contribution is 5.80. The normalized spacial score (nSPS) is 18.2. The number of fused-ring (bicyclic) bond motifs is 1. The van der Waals surface area contributed by atoms with Crippen molar-refractivity contribution in [2.45, 2.75) is 56.7 Å². The Morgan fingerprint density at radius 1 is 1.05 bits per heavy atom. The summed E-state index contributed by atoms with van der Waals surface area (Å²) in [6.07, 6.45) is -9.12. The van der Waals surface area contributed by atoms with Crippen LogP contribution in [0.1, 0.15) is 90.5 Å². The van der Waals surface area contributed by atoms with E-state index in [1.807, 2.05) is 0 Å². The van der Waals surface area contributed by atoms with Gasteiger partial charge >= 0.3 is 6.18 Å². The molecule has 40 heavy (non-hydrogen) atoms. The van der Waals surface area contributed by atoms with Gasteiger partial charge in [0.1, 0.15) is 40.2 Å². The van der Waals surface area contributed by atoms with Crippen LogP contribution in [-0.4, -0.2) is 34.7 Å². The van der Waals surface area contributed by atoms with E-state index in [4.69, 9.17) is 0 Å². The van der Waals surface area contributed by atoms with Crippen molar-refractivity contribution in [3.63, 3.8) is 0 Å². The largest absolute Gasteiger partial charge is 0.433 e. The minimum atomic E-state index is -4.65. The highest BCUT2D eigenvalue weighted by Crippen LogP contribution is 2.47. The first-order chi connectivity index (χ1) is 18.9. The molecule has 0 spiro atoms. The number of nitrogens with zero attached hydrogens (tertiary/aromatic N) is 7. The van der Waals surface area contributed by atoms with Crippen LogP contribution in [0.2, 0.25) is 0 Å². The summed E-state index contributed by atoms with van der Waals surface area (Å²) in [4.78, 5) is 31.0. The predicted octanol–water partition coefficient (Wildman–Crippen LogP) is 5.34. The van der Waals surface area contributed by atoms with Crippen LogP contribution in [0.25, 0.3) is 11.0 Å². The average molecular weight is 566 g/mol. The van der Waals surface area contributed by atoms with Crippen molar-refractivity contribution < 1.29 is 30.7 Å². The summed E-state index contributed by atoms with van der Waals surface area (Å²) in [5.41, 5.74) is -3.58. The Bertz CT molecular complexity index is 1650. The molecule has 4 heterocycles. The highest BCUT2D eigenvalue weighted by Gasteiger charge is 2.39. The maximum atomic E-state index is 13.3. The first-order valence-corrected chi connectivity index (χ1v) is 11.8. The third-order valence-corrected chi connectivity index (χ3v) is 6.80. The molecule has 0 amide bonds. The van der Waals surface area contributed by atoms with Crippen molar-refractivity contribution in [3.8, 4) is 6.07 Å². The lowest BCUT2D eigenvalue weighted by atomic mass is 9.72. The molecule has 1 aliphatic rings. The zero-order valence-electron chi connectivity index (χ0n) is 20.3. The summed E-state index contributed by atoms with van der Waals surface area (Å²) in [7, 11) is 0. The van der Waals surface area contributed by atoms with Crippen molar-refractivity contribution in [1.29, 1.82) is 5.26 Å². The second kappa shape index (κ2) is 9.96. The van der Waals surface area contributed by atoms with Gasteiger partial charge in [0.05, 0.1) is 6.04 Å². The number of rotatable bonds is 6. The molecular formula is C24H17F7N8O. The molecule has 208 valence electrons. The lowest BCUT2D eigenvalue weighted by Gasteiger charge is -2.34. The smallest absolute Gasteiger partial charge is 0.310 e. The molecule has 9 nitrogen and oxygen atoms in total. The number of hydrogen-bond donors (Lipinski definition) is 1. The third kappa shape index (κ3) is 4.75. The number of halogens is 7. The van der Waals surface area contributed by atoms with Gasteiger partial charge in [-0.05, 0) is 37.5 Å². The Morgan fingerprint density at radius 3 is 2.20 bits per heavy atom. The van der Waals surface area contributed by atoms with E-state index >= 15 is 0 Å². The zero-order valence-corrected chi connectivity index (χ0v) is 20.3. The molecule has 0 radical (unpaired) electrons. The lowest BCUT2D eigenvalue weighted by molar-refractivity contribution is -0.141. The van der Waals surface area contributed by atoms with E-state index in [1.54, 1.807) is 13.0 Å². The fourth-order valence-electron chi connectivity index (χ4n) is 4.58. The van der Waals surface area contributed by atoms with Gasteiger partial charge in [-0.15, -0.1) is 0 Å². The Balaban J connectivity index is 1.56. The molecule has 1 saturated carbocycles. The molecule has 1 N–H and O–H groups in total. The molecule has 1 fully saturated rings. The van der Waals surface area contributed by atoms with E-state index in [2.05, 4.69) is 30.0 Å². The van der Waals surface area contributed by atoms with Gasteiger partial charge in [0.2, 0.25) is 0 Å². The summed E-state index contributed by atoms with van der Waals surface area (Å²) in [6, 6.07) is 3.50. The van der Waals surface area contributed by atoms with Gasteiger partial charge in [0, 0.05) is 18.0 Å². The van der Waals surface area contributed by atoms with Crippen LogP contribution in [0.15, 0.2) is 29.2 Å². The van der Waals surface area contributed by atoms with Crippen LogP contribution in [0, 0.1) is 11.3 Å². The van der Waals surface area contributed by atoms with Crippen molar-refractivity contribution in [3.05, 3.63) is 74.7 Å². The maximum absolute atomic E-state index is 13.3. The van der Waals surface area contributed by atoms with Crippen LogP contribution in [-0.2, 0) is 6.18 Å². The van der Waals surface area contributed by atoms with Gasteiger partial charge in [-0.2, -0.15) is 23.5 Å². The van der Waals surface area contributed by atoms with E-state index in [0.717, 1.165) is 12.3 Å². The van der Waals surface area contributed by atoms with Gasteiger partial charge in [-0.3, -0.25) is 9.78 Å². The molecule has 3 atom stereocenters. The standard InChI is InChI=1S/C24H17F7N8O/c1-9(10-2-5-16(33-8-10)24(29,30)31)39-22-17(15(7-32)38-39)23(40)37-21(36-22)12-4-3-11(12)20-34-13(18(25)26)6-14(35-20)19(27)28/h2,5-6,8-9,11-12,18-19H,3-4H2,1H3,(H,36,37,40)/t9?,11-,12-/m1/s1. The SMILES string of the molecule is CC(c1ccc(C(F)(F)F)nc1)n1nc(C#N)c2c(=O)[nH]c([C@@H]3CC[C@H]3c3nc(C(F)F)cc(C(F)F)n3)nc21. The first-order valence-electron chi connectivity index (χ1n) is 11.8. The molecule has 5 rings (SSSR count). The monoisotopic (exact) mass is 566 g/mol. The summed E-state index contributed by atoms with van der Waals surface area (Å²) < 4.78 is 93.2. The molecule has 4 aromatic rings. The van der Waals surface area contributed by atoms with Crippen molar-refractivity contribution >= 4 is 11.0 Å². The highest BCUT2D eigenvalue weighted by atomic mass is 19.4. The third-order valence-electron chi connectivity index (χ3n) is 6.80. The molecule has 1 unspecified atom stereocenters. The average Bonchev–Trinajstić information content (AvgIpc) is 3.26. The number of H-pyrrole nitrogens is 1. The topological polar surface area (TPSA) is 126 Å². The van der Waals surface area contributed by atoms with Crippen molar-refractivity contribution in [1.82, 2.24) is 34.7 Å².